The number of benzene rings is 1. The van der Waals surface area contributed by atoms with Gasteiger partial charge in [-0.1, -0.05) is 18.2 Å². The molecule has 0 unspecified atom stereocenters. The smallest absolute Gasteiger partial charge is 0.209 e. The Morgan fingerprint density at radius 2 is 2.06 bits per heavy atom. The molecule has 0 atom stereocenters. The summed E-state index contributed by atoms with van der Waals surface area (Å²) in [7, 11) is 0. The minimum absolute atomic E-state index is 0.683. The molecular weight excluding hydrogens is 220 g/mol. The van der Waals surface area contributed by atoms with Crippen molar-refractivity contribution >= 4 is 22.4 Å². The van der Waals surface area contributed by atoms with Crippen LogP contribution in [0.15, 0.2) is 36.7 Å². The molecule has 0 amide bonds. The van der Waals surface area contributed by atoms with Crippen molar-refractivity contribution in [1.29, 1.82) is 0 Å². The van der Waals surface area contributed by atoms with Crippen molar-refractivity contribution in [3.8, 4) is 0 Å². The fourth-order valence-electron chi connectivity index (χ4n) is 1.48. The van der Waals surface area contributed by atoms with Gasteiger partial charge in [0, 0.05) is 23.8 Å². The third kappa shape index (κ3) is 2.56. The van der Waals surface area contributed by atoms with Crippen LogP contribution in [0, 0.1) is 0 Å². The van der Waals surface area contributed by atoms with Crippen LogP contribution in [0.3, 0.4) is 0 Å². The summed E-state index contributed by atoms with van der Waals surface area (Å²) in [5.41, 5.74) is 6.68. The van der Waals surface area contributed by atoms with Crippen molar-refractivity contribution < 1.29 is 0 Å². The number of para-hydroxylation sites is 1. The summed E-state index contributed by atoms with van der Waals surface area (Å²) in [6.45, 7) is 1.55. The van der Waals surface area contributed by atoms with Crippen molar-refractivity contribution in [2.75, 3.05) is 18.0 Å². The fourth-order valence-corrected chi connectivity index (χ4v) is 2.06. The molecule has 0 fully saturated rings. The van der Waals surface area contributed by atoms with Gasteiger partial charge in [0.05, 0.1) is 0 Å². The second kappa shape index (κ2) is 5.58. The van der Waals surface area contributed by atoms with Crippen molar-refractivity contribution in [3.63, 3.8) is 0 Å². The second-order valence-corrected chi connectivity index (χ2v) is 4.11. The van der Waals surface area contributed by atoms with Gasteiger partial charge >= 0.3 is 0 Å². The average molecular weight is 234 g/mol. The van der Waals surface area contributed by atoms with E-state index in [1.807, 2.05) is 18.2 Å². The van der Waals surface area contributed by atoms with Gasteiger partial charge in [0.25, 0.3) is 0 Å². The molecule has 0 aliphatic carbocycles. The van der Waals surface area contributed by atoms with Crippen molar-refractivity contribution in [3.05, 3.63) is 36.7 Å². The SMILES string of the molecule is NCCCN(c1ccccc1)c1ncns1. The standard InChI is InChI=1S/C11H14N4S/c12-7-4-8-15(11-13-9-14-16-11)10-5-2-1-3-6-10/h1-3,5-6,9H,4,7-8,12H2. The van der Waals surface area contributed by atoms with E-state index in [0.717, 1.165) is 23.8 Å². The molecule has 5 heteroatoms. The van der Waals surface area contributed by atoms with Gasteiger partial charge in [-0.2, -0.15) is 4.37 Å². The van der Waals surface area contributed by atoms with Crippen LogP contribution in [0.2, 0.25) is 0 Å². The number of hydrogen-bond donors (Lipinski definition) is 1. The Morgan fingerprint density at radius 1 is 1.25 bits per heavy atom. The van der Waals surface area contributed by atoms with Crippen molar-refractivity contribution in [1.82, 2.24) is 9.36 Å². The summed E-state index contributed by atoms with van der Waals surface area (Å²) in [6, 6.07) is 10.2. The Bertz CT molecular complexity index is 401. The molecule has 16 heavy (non-hydrogen) atoms. The highest BCUT2D eigenvalue weighted by Crippen LogP contribution is 2.25. The predicted molar refractivity (Wildman–Crippen MR) is 67.0 cm³/mol. The molecule has 0 aliphatic heterocycles. The van der Waals surface area contributed by atoms with E-state index >= 15 is 0 Å². The predicted octanol–water partition coefficient (Wildman–Crippen LogP) is 2.03. The van der Waals surface area contributed by atoms with Crippen molar-refractivity contribution in [2.45, 2.75) is 6.42 Å². The molecule has 0 saturated carbocycles. The number of aromatic nitrogens is 2. The van der Waals surface area contributed by atoms with Gasteiger partial charge in [0.2, 0.25) is 5.13 Å². The van der Waals surface area contributed by atoms with Crippen LogP contribution in [-0.4, -0.2) is 22.4 Å². The second-order valence-electron chi connectivity index (χ2n) is 3.35. The topological polar surface area (TPSA) is 55.0 Å². The summed E-state index contributed by atoms with van der Waals surface area (Å²) < 4.78 is 4.03. The lowest BCUT2D eigenvalue weighted by molar-refractivity contribution is 0.815. The first-order chi connectivity index (χ1) is 7.92. The number of nitrogens with two attached hydrogens (primary N) is 1. The molecule has 0 aliphatic rings. The Hall–Kier alpha value is -1.46. The molecule has 0 spiro atoms. The van der Waals surface area contributed by atoms with E-state index in [1.54, 1.807) is 6.33 Å². The van der Waals surface area contributed by atoms with Crippen molar-refractivity contribution in [2.24, 2.45) is 5.73 Å². The minimum Gasteiger partial charge on any atom is -0.330 e. The molecular formula is C11H14N4S. The number of anilines is 2. The highest BCUT2D eigenvalue weighted by Gasteiger charge is 2.10. The van der Waals surface area contributed by atoms with E-state index in [1.165, 1.54) is 11.5 Å². The van der Waals surface area contributed by atoms with Gasteiger partial charge in [0.1, 0.15) is 6.33 Å². The highest BCUT2D eigenvalue weighted by molar-refractivity contribution is 7.09. The Labute approximate surface area is 98.9 Å². The Balaban J connectivity index is 2.21. The third-order valence-corrected chi connectivity index (χ3v) is 2.92. The maximum atomic E-state index is 5.55. The number of rotatable bonds is 5. The molecule has 2 rings (SSSR count). The molecule has 4 nitrogen and oxygen atoms in total. The first-order valence-corrected chi connectivity index (χ1v) is 5.98. The van der Waals surface area contributed by atoms with Gasteiger partial charge in [-0.3, -0.25) is 0 Å². The largest absolute Gasteiger partial charge is 0.330 e. The van der Waals surface area contributed by atoms with Crippen LogP contribution >= 0.6 is 11.5 Å². The molecule has 1 heterocycles. The molecule has 1 aromatic carbocycles. The Kier molecular flexibility index (Phi) is 3.85. The lowest BCUT2D eigenvalue weighted by Crippen LogP contribution is -2.20. The van der Waals surface area contributed by atoms with Crippen LogP contribution in [-0.2, 0) is 0 Å². The maximum absolute atomic E-state index is 5.55. The van der Waals surface area contributed by atoms with Crippen LogP contribution in [0.5, 0.6) is 0 Å². The zero-order chi connectivity index (χ0) is 11.2. The van der Waals surface area contributed by atoms with Gasteiger partial charge in [0.15, 0.2) is 0 Å². The van der Waals surface area contributed by atoms with Gasteiger partial charge in [-0.15, -0.1) is 0 Å². The molecule has 2 aromatic rings. The quantitative estimate of drug-likeness (QED) is 0.860. The maximum Gasteiger partial charge on any atom is 0.209 e. The van der Waals surface area contributed by atoms with Crippen LogP contribution in [0.25, 0.3) is 0 Å². The summed E-state index contributed by atoms with van der Waals surface area (Å²) in [5, 5.41) is 0.916. The normalized spacial score (nSPS) is 10.3. The first kappa shape index (κ1) is 11.0. The first-order valence-electron chi connectivity index (χ1n) is 5.21. The molecule has 1 aromatic heterocycles. The molecule has 0 bridgehead atoms. The van der Waals surface area contributed by atoms with Gasteiger partial charge in [-0.25, -0.2) is 4.98 Å². The number of hydrogen-bond acceptors (Lipinski definition) is 5. The summed E-state index contributed by atoms with van der Waals surface area (Å²) >= 11 is 1.40. The Morgan fingerprint density at radius 3 is 2.69 bits per heavy atom. The van der Waals surface area contributed by atoms with Crippen LogP contribution < -0.4 is 10.6 Å². The lowest BCUT2D eigenvalue weighted by Gasteiger charge is -2.20. The van der Waals surface area contributed by atoms with E-state index in [0.29, 0.717) is 6.54 Å². The molecule has 2 N–H and O–H groups in total. The van der Waals surface area contributed by atoms with Gasteiger partial charge in [-0.05, 0) is 25.1 Å². The highest BCUT2D eigenvalue weighted by atomic mass is 32.1. The zero-order valence-corrected chi connectivity index (χ0v) is 9.73. The van der Waals surface area contributed by atoms with E-state index in [2.05, 4.69) is 26.4 Å². The molecule has 84 valence electrons. The van der Waals surface area contributed by atoms with E-state index < -0.39 is 0 Å². The van der Waals surface area contributed by atoms with Gasteiger partial charge < -0.3 is 10.6 Å². The summed E-state index contributed by atoms with van der Waals surface area (Å²) in [4.78, 5) is 6.38. The van der Waals surface area contributed by atoms with E-state index in [4.69, 9.17) is 5.73 Å². The van der Waals surface area contributed by atoms with Crippen LogP contribution in [0.4, 0.5) is 10.8 Å². The fraction of sp³-hybridized carbons (Fsp3) is 0.273. The summed E-state index contributed by atoms with van der Waals surface area (Å²) in [5.74, 6) is 0. The average Bonchev–Trinajstić information content (AvgIpc) is 2.85. The number of nitrogens with zero attached hydrogens (tertiary/aromatic N) is 3. The zero-order valence-electron chi connectivity index (χ0n) is 8.91. The molecule has 0 radical (unpaired) electrons. The van der Waals surface area contributed by atoms with Crippen LogP contribution in [0.1, 0.15) is 6.42 Å². The van der Waals surface area contributed by atoms with E-state index in [-0.39, 0.29) is 0 Å². The monoisotopic (exact) mass is 234 g/mol. The minimum atomic E-state index is 0.683. The molecule has 0 saturated heterocycles. The third-order valence-electron chi connectivity index (χ3n) is 2.23. The summed E-state index contributed by atoms with van der Waals surface area (Å²) in [6.07, 6.45) is 2.52. The van der Waals surface area contributed by atoms with E-state index in [9.17, 15) is 0 Å². The lowest BCUT2D eigenvalue weighted by atomic mass is 10.3.